The lowest BCUT2D eigenvalue weighted by molar-refractivity contribution is -0.116. The molecule has 0 spiro atoms. The van der Waals surface area contributed by atoms with Crippen molar-refractivity contribution in [3.05, 3.63) is 40.3 Å². The third-order valence-corrected chi connectivity index (χ3v) is 3.35. The minimum absolute atomic E-state index is 0.104. The van der Waals surface area contributed by atoms with Crippen molar-refractivity contribution in [2.24, 2.45) is 0 Å². The Morgan fingerprint density at radius 3 is 2.63 bits per heavy atom. The van der Waals surface area contributed by atoms with Crippen LogP contribution in [-0.2, 0) is 9.59 Å². The van der Waals surface area contributed by atoms with Crippen LogP contribution in [0.15, 0.2) is 29.2 Å². The molecule has 0 aliphatic carbocycles. The molecule has 2 N–H and O–H groups in total. The molecule has 98 valence electrons. The molecule has 0 aromatic heterocycles. The highest BCUT2D eigenvalue weighted by Crippen LogP contribution is 2.23. The van der Waals surface area contributed by atoms with Crippen LogP contribution in [0.3, 0.4) is 0 Å². The predicted molar refractivity (Wildman–Crippen MR) is 73.8 cm³/mol. The summed E-state index contributed by atoms with van der Waals surface area (Å²) in [5.74, 6) is -0.968. The summed E-state index contributed by atoms with van der Waals surface area (Å²) in [6.45, 7) is 3.85. The van der Waals surface area contributed by atoms with Gasteiger partial charge in [0.15, 0.2) is 0 Å². The van der Waals surface area contributed by atoms with Gasteiger partial charge in [-0.2, -0.15) is 0 Å². The van der Waals surface area contributed by atoms with Gasteiger partial charge in [0.25, 0.3) is 11.1 Å². The lowest BCUT2D eigenvalue weighted by Gasteiger charge is -2.07. The van der Waals surface area contributed by atoms with Crippen molar-refractivity contribution in [3.63, 3.8) is 0 Å². The lowest BCUT2D eigenvalue weighted by atomic mass is 10.1. The summed E-state index contributed by atoms with van der Waals surface area (Å²) in [6, 6.07) is 5.63. The topological polar surface area (TPSA) is 75.3 Å². The monoisotopic (exact) mass is 276 g/mol. The Morgan fingerprint density at radius 1 is 1.32 bits per heavy atom. The van der Waals surface area contributed by atoms with Gasteiger partial charge >= 0.3 is 0 Å². The van der Waals surface area contributed by atoms with Crippen molar-refractivity contribution < 1.29 is 14.4 Å². The number of hydrogen-bond donors (Lipinski definition) is 2. The van der Waals surface area contributed by atoms with Crippen LogP contribution in [0.1, 0.15) is 11.1 Å². The molecule has 0 atom stereocenters. The first-order valence-corrected chi connectivity index (χ1v) is 6.40. The number of rotatable bonds is 2. The van der Waals surface area contributed by atoms with Gasteiger partial charge in [-0.3, -0.25) is 19.7 Å². The minimum Gasteiger partial charge on any atom is -0.322 e. The largest absolute Gasteiger partial charge is 0.322 e. The fourth-order valence-corrected chi connectivity index (χ4v) is 2.32. The van der Waals surface area contributed by atoms with Crippen molar-refractivity contribution >= 4 is 34.5 Å². The van der Waals surface area contributed by atoms with E-state index in [9.17, 15) is 14.4 Å². The van der Waals surface area contributed by atoms with E-state index in [2.05, 4.69) is 10.6 Å². The molecule has 0 unspecified atom stereocenters. The van der Waals surface area contributed by atoms with Crippen LogP contribution in [0, 0.1) is 13.8 Å². The first kappa shape index (κ1) is 13.4. The Hall–Kier alpha value is -2.08. The minimum atomic E-state index is -0.536. The highest BCUT2D eigenvalue weighted by atomic mass is 32.2. The summed E-state index contributed by atoms with van der Waals surface area (Å²) in [5, 5.41) is 4.31. The van der Waals surface area contributed by atoms with E-state index >= 15 is 0 Å². The molecule has 1 heterocycles. The molecule has 19 heavy (non-hydrogen) atoms. The van der Waals surface area contributed by atoms with E-state index in [1.165, 1.54) is 0 Å². The van der Waals surface area contributed by atoms with E-state index in [0.717, 1.165) is 29.0 Å². The molecular formula is C13H12N2O3S. The summed E-state index contributed by atoms with van der Waals surface area (Å²) in [4.78, 5) is 34.1. The molecule has 5 nitrogen and oxygen atoms in total. The first-order valence-electron chi connectivity index (χ1n) is 5.59. The summed E-state index contributed by atoms with van der Waals surface area (Å²) >= 11 is 0.720. The zero-order valence-corrected chi connectivity index (χ0v) is 11.3. The second kappa shape index (κ2) is 5.27. The van der Waals surface area contributed by atoms with Crippen molar-refractivity contribution in [1.29, 1.82) is 0 Å². The average molecular weight is 276 g/mol. The molecule has 0 bridgehead atoms. The number of nitrogens with one attached hydrogen (secondary N) is 2. The number of amides is 3. The summed E-state index contributed by atoms with van der Waals surface area (Å²) in [7, 11) is 0. The van der Waals surface area contributed by atoms with Gasteiger partial charge in [0.1, 0.15) is 0 Å². The van der Waals surface area contributed by atoms with E-state index in [1.54, 1.807) is 6.07 Å². The normalized spacial score (nSPS) is 16.6. The highest BCUT2D eigenvalue weighted by Gasteiger charge is 2.25. The molecule has 1 aromatic rings. The molecule has 3 amide bonds. The molecule has 2 rings (SSSR count). The van der Waals surface area contributed by atoms with Gasteiger partial charge in [-0.15, -0.1) is 0 Å². The second-order valence-electron chi connectivity index (χ2n) is 4.16. The van der Waals surface area contributed by atoms with Crippen LogP contribution < -0.4 is 10.6 Å². The van der Waals surface area contributed by atoms with Crippen LogP contribution in [0.5, 0.6) is 0 Å². The van der Waals surface area contributed by atoms with E-state index in [-0.39, 0.29) is 4.91 Å². The molecule has 0 radical (unpaired) electrons. The average Bonchev–Trinajstić information content (AvgIpc) is 2.61. The third kappa shape index (κ3) is 3.23. The molecule has 1 aliphatic heterocycles. The standard InChI is InChI=1S/C13H12N2O3S/c1-7-3-4-9(8(2)5-7)14-11(16)6-10-12(17)15-13(18)19-10/h3-6H,1-2H3,(H,14,16)(H,15,17,18)/b10-6-. The Bertz CT molecular complexity index is 608. The van der Waals surface area contributed by atoms with Gasteiger partial charge < -0.3 is 5.32 Å². The zero-order chi connectivity index (χ0) is 14.0. The van der Waals surface area contributed by atoms with Crippen molar-refractivity contribution in [1.82, 2.24) is 5.32 Å². The first-order chi connectivity index (χ1) is 8.95. The number of carbonyl (C=O) groups excluding carboxylic acids is 3. The molecule has 1 saturated heterocycles. The zero-order valence-electron chi connectivity index (χ0n) is 10.4. The smallest absolute Gasteiger partial charge is 0.290 e. The summed E-state index contributed by atoms with van der Waals surface area (Å²) < 4.78 is 0. The van der Waals surface area contributed by atoms with E-state index < -0.39 is 17.1 Å². The third-order valence-electron chi connectivity index (χ3n) is 2.54. The van der Waals surface area contributed by atoms with E-state index in [0.29, 0.717) is 5.69 Å². The molecular weight excluding hydrogens is 264 g/mol. The summed E-state index contributed by atoms with van der Waals surface area (Å²) in [6.07, 6.45) is 1.13. The van der Waals surface area contributed by atoms with Crippen LogP contribution >= 0.6 is 11.8 Å². The van der Waals surface area contributed by atoms with Crippen LogP contribution in [0.25, 0.3) is 0 Å². The number of imide groups is 1. The van der Waals surface area contributed by atoms with Crippen molar-refractivity contribution in [3.8, 4) is 0 Å². The van der Waals surface area contributed by atoms with Gasteiger partial charge in [0.05, 0.1) is 4.91 Å². The van der Waals surface area contributed by atoms with Gasteiger partial charge in [-0.25, -0.2) is 0 Å². The number of thioether (sulfide) groups is 1. The van der Waals surface area contributed by atoms with Crippen LogP contribution in [0.4, 0.5) is 10.5 Å². The van der Waals surface area contributed by atoms with E-state index in [4.69, 9.17) is 0 Å². The van der Waals surface area contributed by atoms with Crippen molar-refractivity contribution in [2.45, 2.75) is 13.8 Å². The maximum atomic E-state index is 11.8. The fraction of sp³-hybridized carbons (Fsp3) is 0.154. The second-order valence-corrected chi connectivity index (χ2v) is 5.17. The highest BCUT2D eigenvalue weighted by molar-refractivity contribution is 8.18. The number of anilines is 1. The van der Waals surface area contributed by atoms with E-state index in [1.807, 2.05) is 26.0 Å². The van der Waals surface area contributed by atoms with Gasteiger partial charge in [0.2, 0.25) is 5.91 Å². The Labute approximate surface area is 114 Å². The summed E-state index contributed by atoms with van der Waals surface area (Å²) in [5.41, 5.74) is 2.72. The van der Waals surface area contributed by atoms with Gasteiger partial charge in [-0.05, 0) is 37.2 Å². The Morgan fingerprint density at radius 2 is 2.05 bits per heavy atom. The van der Waals surface area contributed by atoms with Crippen LogP contribution in [-0.4, -0.2) is 17.1 Å². The number of aryl methyl sites for hydroxylation is 2. The molecule has 1 fully saturated rings. The van der Waals surface area contributed by atoms with Crippen LogP contribution in [0.2, 0.25) is 0 Å². The molecule has 1 aliphatic rings. The Kier molecular flexibility index (Phi) is 3.71. The Balaban J connectivity index is 2.12. The maximum absolute atomic E-state index is 11.8. The maximum Gasteiger partial charge on any atom is 0.290 e. The van der Waals surface area contributed by atoms with Gasteiger partial charge in [-0.1, -0.05) is 17.7 Å². The SMILES string of the molecule is Cc1ccc(NC(=O)/C=C2\SC(=O)NC2=O)c(C)c1. The molecule has 0 saturated carbocycles. The molecule has 6 heteroatoms. The number of hydrogen-bond acceptors (Lipinski definition) is 4. The number of carbonyl (C=O) groups is 3. The fourth-order valence-electron chi connectivity index (χ4n) is 1.66. The van der Waals surface area contributed by atoms with Gasteiger partial charge in [0, 0.05) is 11.8 Å². The van der Waals surface area contributed by atoms with Crippen molar-refractivity contribution in [2.75, 3.05) is 5.32 Å². The lowest BCUT2D eigenvalue weighted by Crippen LogP contribution is -2.19. The molecule has 1 aromatic carbocycles. The predicted octanol–water partition coefficient (Wildman–Crippen LogP) is 2.11. The quantitative estimate of drug-likeness (QED) is 0.811. The number of benzene rings is 1.